The number of carboxylic acids is 1. The standard InChI is InChI=1S/C11H11BrF2O3/c1-11(2,4-7(15)16)5-3-6(12)10(17)9(14)8(5)13/h3,17H,4H2,1-2H3,(H,15,16). The number of phenolic OH excluding ortho intramolecular Hbond substituents is 1. The van der Waals surface area contributed by atoms with Crippen molar-refractivity contribution in [2.75, 3.05) is 0 Å². The smallest absolute Gasteiger partial charge is 0.304 e. The predicted molar refractivity (Wildman–Crippen MR) is 61.0 cm³/mol. The molecule has 0 unspecified atom stereocenters. The molecule has 0 saturated heterocycles. The number of aliphatic carboxylic acids is 1. The van der Waals surface area contributed by atoms with Gasteiger partial charge in [-0.1, -0.05) is 13.8 Å². The van der Waals surface area contributed by atoms with E-state index < -0.39 is 28.8 Å². The normalized spacial score (nSPS) is 11.6. The molecule has 0 radical (unpaired) electrons. The third-order valence-electron chi connectivity index (χ3n) is 2.46. The Morgan fingerprint density at radius 3 is 2.41 bits per heavy atom. The first-order chi connectivity index (χ1) is 7.66. The monoisotopic (exact) mass is 308 g/mol. The Kier molecular flexibility index (Phi) is 3.76. The molecular formula is C11H11BrF2O3. The summed E-state index contributed by atoms with van der Waals surface area (Å²) in [5.74, 6) is -4.54. The third-order valence-corrected chi connectivity index (χ3v) is 3.06. The van der Waals surface area contributed by atoms with Gasteiger partial charge in [0.1, 0.15) is 0 Å². The topological polar surface area (TPSA) is 57.5 Å². The van der Waals surface area contributed by atoms with Gasteiger partial charge in [-0.25, -0.2) is 4.39 Å². The number of carboxylic acid groups (broad SMARTS) is 1. The highest BCUT2D eigenvalue weighted by molar-refractivity contribution is 9.10. The molecule has 0 aromatic heterocycles. The second kappa shape index (κ2) is 4.60. The maximum Gasteiger partial charge on any atom is 0.304 e. The predicted octanol–water partition coefficient (Wildman–Crippen LogP) is 3.19. The second-order valence-electron chi connectivity index (χ2n) is 4.34. The fraction of sp³-hybridized carbons (Fsp3) is 0.364. The van der Waals surface area contributed by atoms with Crippen molar-refractivity contribution in [1.29, 1.82) is 0 Å². The van der Waals surface area contributed by atoms with Crippen LogP contribution >= 0.6 is 15.9 Å². The summed E-state index contributed by atoms with van der Waals surface area (Å²) in [5.41, 5.74) is -1.17. The first-order valence-corrected chi connectivity index (χ1v) is 5.55. The van der Waals surface area contributed by atoms with Crippen LogP contribution in [0.3, 0.4) is 0 Å². The van der Waals surface area contributed by atoms with Gasteiger partial charge in [0.05, 0.1) is 10.9 Å². The summed E-state index contributed by atoms with van der Waals surface area (Å²) in [6, 6.07) is 1.19. The van der Waals surface area contributed by atoms with Gasteiger partial charge in [-0.15, -0.1) is 0 Å². The van der Waals surface area contributed by atoms with E-state index in [-0.39, 0.29) is 16.5 Å². The van der Waals surface area contributed by atoms with E-state index in [4.69, 9.17) is 5.11 Å². The number of halogens is 3. The maximum absolute atomic E-state index is 13.6. The SMILES string of the molecule is CC(C)(CC(=O)O)c1cc(Br)c(O)c(F)c1F. The van der Waals surface area contributed by atoms with Gasteiger partial charge < -0.3 is 10.2 Å². The number of carbonyl (C=O) groups is 1. The van der Waals surface area contributed by atoms with Crippen molar-refractivity contribution in [3.63, 3.8) is 0 Å². The molecule has 0 spiro atoms. The largest absolute Gasteiger partial charge is 0.504 e. The quantitative estimate of drug-likeness (QED) is 0.843. The van der Waals surface area contributed by atoms with E-state index in [9.17, 15) is 18.7 Å². The average molecular weight is 309 g/mol. The Hall–Kier alpha value is -1.17. The Labute approximate surface area is 105 Å². The molecule has 0 aliphatic carbocycles. The van der Waals surface area contributed by atoms with E-state index in [2.05, 4.69) is 15.9 Å². The first kappa shape index (κ1) is 13.9. The fourth-order valence-electron chi connectivity index (χ4n) is 1.55. The number of hydrogen-bond donors (Lipinski definition) is 2. The summed E-state index contributed by atoms with van der Waals surface area (Å²) < 4.78 is 26.9. The van der Waals surface area contributed by atoms with Crippen molar-refractivity contribution >= 4 is 21.9 Å². The van der Waals surface area contributed by atoms with Crippen LogP contribution in [0.5, 0.6) is 5.75 Å². The zero-order chi connectivity index (χ0) is 13.4. The van der Waals surface area contributed by atoms with E-state index in [1.54, 1.807) is 0 Å². The third kappa shape index (κ3) is 2.74. The summed E-state index contributed by atoms with van der Waals surface area (Å²) in [6.07, 6.45) is -0.347. The molecule has 0 fully saturated rings. The van der Waals surface area contributed by atoms with E-state index in [0.717, 1.165) is 0 Å². The molecule has 1 rings (SSSR count). The zero-order valence-electron chi connectivity index (χ0n) is 9.22. The summed E-state index contributed by atoms with van der Waals surface area (Å²) in [4.78, 5) is 10.7. The zero-order valence-corrected chi connectivity index (χ0v) is 10.8. The van der Waals surface area contributed by atoms with Crippen molar-refractivity contribution in [3.8, 4) is 5.75 Å². The number of hydrogen-bond acceptors (Lipinski definition) is 2. The molecule has 0 aliphatic heterocycles. The second-order valence-corrected chi connectivity index (χ2v) is 5.19. The van der Waals surface area contributed by atoms with Crippen molar-refractivity contribution < 1.29 is 23.8 Å². The molecule has 0 bridgehead atoms. The lowest BCUT2D eigenvalue weighted by Gasteiger charge is -2.24. The molecule has 0 atom stereocenters. The summed E-state index contributed by atoms with van der Waals surface area (Å²) >= 11 is 2.89. The van der Waals surface area contributed by atoms with E-state index >= 15 is 0 Å². The van der Waals surface area contributed by atoms with E-state index in [1.165, 1.54) is 19.9 Å². The van der Waals surface area contributed by atoms with Gasteiger partial charge in [-0.05, 0) is 27.6 Å². The lowest BCUT2D eigenvalue weighted by Crippen LogP contribution is -2.23. The van der Waals surface area contributed by atoms with Gasteiger partial charge in [0.2, 0.25) is 5.82 Å². The molecule has 0 heterocycles. The minimum atomic E-state index is -1.38. The number of aromatic hydroxyl groups is 1. The molecule has 1 aromatic rings. The number of phenols is 1. The Bertz CT molecular complexity index is 472. The molecule has 94 valence electrons. The molecule has 17 heavy (non-hydrogen) atoms. The van der Waals surface area contributed by atoms with Gasteiger partial charge >= 0.3 is 5.97 Å². The van der Waals surface area contributed by atoms with Crippen LogP contribution in [0.15, 0.2) is 10.5 Å². The van der Waals surface area contributed by atoms with Crippen LogP contribution in [0.25, 0.3) is 0 Å². The average Bonchev–Trinajstić information content (AvgIpc) is 2.18. The fourth-order valence-corrected chi connectivity index (χ4v) is 1.95. The first-order valence-electron chi connectivity index (χ1n) is 4.75. The summed E-state index contributed by atoms with van der Waals surface area (Å²) in [6.45, 7) is 2.98. The van der Waals surface area contributed by atoms with Crippen molar-refractivity contribution in [2.24, 2.45) is 0 Å². The number of benzene rings is 1. The van der Waals surface area contributed by atoms with Gasteiger partial charge in [0.15, 0.2) is 11.6 Å². The molecule has 2 N–H and O–H groups in total. The summed E-state index contributed by atoms with van der Waals surface area (Å²) in [5, 5.41) is 17.9. The van der Waals surface area contributed by atoms with Gasteiger partial charge in [-0.3, -0.25) is 4.79 Å². The van der Waals surface area contributed by atoms with Crippen molar-refractivity contribution in [2.45, 2.75) is 25.7 Å². The van der Waals surface area contributed by atoms with Gasteiger partial charge in [0.25, 0.3) is 0 Å². The number of rotatable bonds is 3. The van der Waals surface area contributed by atoms with Crippen LogP contribution in [0, 0.1) is 11.6 Å². The van der Waals surface area contributed by atoms with Crippen LogP contribution in [-0.2, 0) is 10.2 Å². The van der Waals surface area contributed by atoms with Crippen molar-refractivity contribution in [3.05, 3.63) is 27.7 Å². The Morgan fingerprint density at radius 2 is 1.94 bits per heavy atom. The minimum Gasteiger partial charge on any atom is -0.504 e. The molecule has 1 aromatic carbocycles. The molecule has 3 nitrogen and oxygen atoms in total. The highest BCUT2D eigenvalue weighted by atomic mass is 79.9. The lowest BCUT2D eigenvalue weighted by molar-refractivity contribution is -0.138. The van der Waals surface area contributed by atoms with Crippen LogP contribution < -0.4 is 0 Å². The van der Waals surface area contributed by atoms with Crippen LogP contribution in [0.1, 0.15) is 25.8 Å². The van der Waals surface area contributed by atoms with E-state index in [0.29, 0.717) is 0 Å². The molecule has 0 amide bonds. The molecular weight excluding hydrogens is 298 g/mol. The van der Waals surface area contributed by atoms with E-state index in [1.807, 2.05) is 0 Å². The molecule has 0 aliphatic rings. The molecule has 0 saturated carbocycles. The highest BCUT2D eigenvalue weighted by Crippen LogP contribution is 2.37. The van der Waals surface area contributed by atoms with Crippen LogP contribution in [-0.4, -0.2) is 16.2 Å². The van der Waals surface area contributed by atoms with Crippen LogP contribution in [0.4, 0.5) is 8.78 Å². The maximum atomic E-state index is 13.6. The minimum absolute atomic E-state index is 0.00939. The van der Waals surface area contributed by atoms with Gasteiger partial charge in [0, 0.05) is 5.41 Å². The highest BCUT2D eigenvalue weighted by Gasteiger charge is 2.30. The Balaban J connectivity index is 3.37. The van der Waals surface area contributed by atoms with Gasteiger partial charge in [-0.2, -0.15) is 4.39 Å². The summed E-state index contributed by atoms with van der Waals surface area (Å²) in [7, 11) is 0. The molecule has 6 heteroatoms. The Morgan fingerprint density at radius 1 is 1.41 bits per heavy atom. The van der Waals surface area contributed by atoms with Crippen LogP contribution in [0.2, 0.25) is 0 Å². The lowest BCUT2D eigenvalue weighted by atomic mass is 9.81. The van der Waals surface area contributed by atoms with Crippen molar-refractivity contribution in [1.82, 2.24) is 0 Å².